The third kappa shape index (κ3) is 2.84. The lowest BCUT2D eigenvalue weighted by atomic mass is 10.2. The molecule has 0 radical (unpaired) electrons. The molecular formula is C7H11NO3. The summed E-state index contributed by atoms with van der Waals surface area (Å²) >= 11 is 0. The number of hydrogen-bond acceptors (Lipinski definition) is 4. The van der Waals surface area contributed by atoms with E-state index in [-0.39, 0.29) is 17.9 Å². The largest absolute Gasteiger partial charge is 0.461 e. The van der Waals surface area contributed by atoms with Gasteiger partial charge in [0.25, 0.3) is 0 Å². The first kappa shape index (κ1) is 9.68. The first-order chi connectivity index (χ1) is 5.13. The van der Waals surface area contributed by atoms with E-state index in [1.54, 1.807) is 6.92 Å². The lowest BCUT2D eigenvalue weighted by molar-refractivity contribution is -0.138. The zero-order valence-electron chi connectivity index (χ0n) is 6.59. The first-order valence-electron chi connectivity index (χ1n) is 3.22. The zero-order valence-corrected chi connectivity index (χ0v) is 6.59. The average Bonchev–Trinajstić information content (AvgIpc) is 2.02. The maximum Gasteiger partial charge on any atom is 0.354 e. The molecule has 4 nitrogen and oxygen atoms in total. The van der Waals surface area contributed by atoms with E-state index < -0.39 is 5.97 Å². The van der Waals surface area contributed by atoms with Gasteiger partial charge in [0.1, 0.15) is 12.0 Å². The molecule has 11 heavy (non-hydrogen) atoms. The van der Waals surface area contributed by atoms with E-state index in [0.29, 0.717) is 6.29 Å². The molecule has 0 aliphatic carbocycles. The SMILES string of the molecule is CCOC(=O)C(N)=C(C)C=O. The Labute approximate surface area is 65.0 Å². The Morgan fingerprint density at radius 3 is 2.55 bits per heavy atom. The normalized spacial score (nSPS) is 11.8. The highest BCUT2D eigenvalue weighted by atomic mass is 16.5. The molecule has 0 spiro atoms. The van der Waals surface area contributed by atoms with Gasteiger partial charge in [-0.2, -0.15) is 0 Å². The van der Waals surface area contributed by atoms with E-state index in [9.17, 15) is 9.59 Å². The van der Waals surface area contributed by atoms with Crippen molar-refractivity contribution in [3.05, 3.63) is 11.3 Å². The van der Waals surface area contributed by atoms with Crippen molar-refractivity contribution in [2.24, 2.45) is 5.73 Å². The highest BCUT2D eigenvalue weighted by Gasteiger charge is 2.08. The van der Waals surface area contributed by atoms with Gasteiger partial charge >= 0.3 is 5.97 Å². The molecule has 0 bridgehead atoms. The van der Waals surface area contributed by atoms with Crippen molar-refractivity contribution in [2.45, 2.75) is 13.8 Å². The van der Waals surface area contributed by atoms with Gasteiger partial charge in [0.15, 0.2) is 0 Å². The average molecular weight is 157 g/mol. The minimum absolute atomic E-state index is 0.123. The topological polar surface area (TPSA) is 69.4 Å². The molecule has 0 aromatic rings. The Kier molecular flexibility index (Phi) is 3.95. The van der Waals surface area contributed by atoms with Crippen LogP contribution in [0, 0.1) is 0 Å². The predicted molar refractivity (Wildman–Crippen MR) is 39.6 cm³/mol. The summed E-state index contributed by atoms with van der Waals surface area (Å²) < 4.78 is 4.55. The second-order valence-electron chi connectivity index (χ2n) is 1.94. The summed E-state index contributed by atoms with van der Waals surface area (Å²) in [7, 11) is 0. The van der Waals surface area contributed by atoms with E-state index in [2.05, 4.69) is 4.74 Å². The highest BCUT2D eigenvalue weighted by molar-refractivity contribution is 5.94. The third-order valence-corrected chi connectivity index (χ3v) is 1.10. The molecule has 0 saturated heterocycles. The van der Waals surface area contributed by atoms with Gasteiger partial charge in [-0.05, 0) is 13.8 Å². The standard InChI is InChI=1S/C7H11NO3/c1-3-11-7(10)6(8)5(2)4-9/h4H,3,8H2,1-2H3. The second-order valence-corrected chi connectivity index (χ2v) is 1.94. The van der Waals surface area contributed by atoms with Crippen molar-refractivity contribution < 1.29 is 14.3 Å². The molecule has 0 aromatic heterocycles. The Balaban J connectivity index is 4.33. The highest BCUT2D eigenvalue weighted by Crippen LogP contribution is 1.96. The predicted octanol–water partition coefficient (Wildman–Crippen LogP) is -0.0189. The van der Waals surface area contributed by atoms with Crippen LogP contribution in [0.15, 0.2) is 11.3 Å². The lowest BCUT2D eigenvalue weighted by Gasteiger charge is -2.01. The van der Waals surface area contributed by atoms with Crippen LogP contribution in [0.4, 0.5) is 0 Å². The van der Waals surface area contributed by atoms with Crippen molar-refractivity contribution in [3.8, 4) is 0 Å². The van der Waals surface area contributed by atoms with Gasteiger partial charge in [0.05, 0.1) is 6.61 Å². The number of rotatable bonds is 3. The van der Waals surface area contributed by atoms with Crippen molar-refractivity contribution in [1.29, 1.82) is 0 Å². The summed E-state index contributed by atoms with van der Waals surface area (Å²) in [6.45, 7) is 3.38. The van der Waals surface area contributed by atoms with Crippen LogP contribution in [0.3, 0.4) is 0 Å². The van der Waals surface area contributed by atoms with Crippen molar-refractivity contribution in [2.75, 3.05) is 6.61 Å². The number of aldehydes is 1. The summed E-state index contributed by atoms with van der Waals surface area (Å²) in [5, 5.41) is 0. The lowest BCUT2D eigenvalue weighted by Crippen LogP contribution is -2.16. The van der Waals surface area contributed by atoms with Crippen LogP contribution < -0.4 is 5.73 Å². The summed E-state index contributed by atoms with van der Waals surface area (Å²) in [4.78, 5) is 20.9. The molecule has 0 atom stereocenters. The minimum Gasteiger partial charge on any atom is -0.461 e. The number of carbonyl (C=O) groups is 2. The molecule has 4 heteroatoms. The number of nitrogens with two attached hydrogens (primary N) is 1. The van der Waals surface area contributed by atoms with Crippen LogP contribution in [0.2, 0.25) is 0 Å². The summed E-state index contributed by atoms with van der Waals surface area (Å²) in [5.41, 5.74) is 5.31. The Morgan fingerprint density at radius 2 is 2.18 bits per heavy atom. The molecule has 2 N–H and O–H groups in total. The molecule has 0 amide bonds. The molecular weight excluding hydrogens is 146 g/mol. The quantitative estimate of drug-likeness (QED) is 0.355. The number of carbonyl (C=O) groups excluding carboxylic acids is 2. The first-order valence-corrected chi connectivity index (χ1v) is 3.22. The number of allylic oxidation sites excluding steroid dienone is 1. The van der Waals surface area contributed by atoms with Crippen molar-refractivity contribution >= 4 is 12.3 Å². The number of esters is 1. The fraction of sp³-hybridized carbons (Fsp3) is 0.429. The molecule has 0 rings (SSSR count). The van der Waals surface area contributed by atoms with Crippen LogP contribution in [0.5, 0.6) is 0 Å². The third-order valence-electron chi connectivity index (χ3n) is 1.10. The molecule has 0 heterocycles. The van der Waals surface area contributed by atoms with Crippen LogP contribution >= 0.6 is 0 Å². The molecule has 0 fully saturated rings. The van der Waals surface area contributed by atoms with Gasteiger partial charge in [-0.15, -0.1) is 0 Å². The van der Waals surface area contributed by atoms with E-state index in [4.69, 9.17) is 5.73 Å². The summed E-state index contributed by atoms with van der Waals surface area (Å²) in [5.74, 6) is -0.642. The molecule has 0 aliphatic rings. The molecule has 62 valence electrons. The Morgan fingerprint density at radius 1 is 1.64 bits per heavy atom. The second kappa shape index (κ2) is 4.49. The number of hydrogen-bond donors (Lipinski definition) is 1. The van der Waals surface area contributed by atoms with E-state index >= 15 is 0 Å². The monoisotopic (exact) mass is 157 g/mol. The maximum absolute atomic E-state index is 10.8. The van der Waals surface area contributed by atoms with Gasteiger partial charge in [-0.1, -0.05) is 0 Å². The van der Waals surface area contributed by atoms with E-state index in [0.717, 1.165) is 0 Å². The minimum atomic E-state index is -0.642. The van der Waals surface area contributed by atoms with Gasteiger partial charge in [0.2, 0.25) is 0 Å². The van der Waals surface area contributed by atoms with Gasteiger partial charge in [-0.3, -0.25) is 4.79 Å². The maximum atomic E-state index is 10.8. The van der Waals surface area contributed by atoms with Crippen LogP contribution in [-0.2, 0) is 14.3 Å². The Hall–Kier alpha value is -1.32. The van der Waals surface area contributed by atoms with Gasteiger partial charge in [0, 0.05) is 5.57 Å². The van der Waals surface area contributed by atoms with Gasteiger partial charge < -0.3 is 10.5 Å². The van der Waals surface area contributed by atoms with Crippen molar-refractivity contribution in [1.82, 2.24) is 0 Å². The van der Waals surface area contributed by atoms with E-state index in [1.807, 2.05) is 0 Å². The van der Waals surface area contributed by atoms with E-state index in [1.165, 1.54) is 6.92 Å². The summed E-state index contributed by atoms with van der Waals surface area (Å²) in [6.07, 6.45) is 0.520. The smallest absolute Gasteiger partial charge is 0.354 e. The van der Waals surface area contributed by atoms with Crippen LogP contribution in [-0.4, -0.2) is 18.9 Å². The fourth-order valence-electron chi connectivity index (χ4n) is 0.433. The molecule has 0 aliphatic heterocycles. The zero-order chi connectivity index (χ0) is 8.85. The molecule has 0 unspecified atom stereocenters. The van der Waals surface area contributed by atoms with Crippen LogP contribution in [0.1, 0.15) is 13.8 Å². The molecule has 0 saturated carbocycles. The molecule has 0 aromatic carbocycles. The van der Waals surface area contributed by atoms with Crippen LogP contribution in [0.25, 0.3) is 0 Å². The number of ether oxygens (including phenoxy) is 1. The summed E-state index contributed by atoms with van der Waals surface area (Å²) in [6, 6.07) is 0. The Bertz CT molecular complexity index is 196. The fourth-order valence-corrected chi connectivity index (χ4v) is 0.433. The van der Waals surface area contributed by atoms with Gasteiger partial charge in [-0.25, -0.2) is 4.79 Å². The van der Waals surface area contributed by atoms with Crippen molar-refractivity contribution in [3.63, 3.8) is 0 Å².